The van der Waals surface area contributed by atoms with E-state index in [2.05, 4.69) is 69.5 Å². The van der Waals surface area contributed by atoms with Gasteiger partial charge in [-0.05, 0) is 81.0 Å². The summed E-state index contributed by atoms with van der Waals surface area (Å²) in [6.07, 6.45) is 2.13. The molecule has 0 radical (unpaired) electrons. The Morgan fingerprint density at radius 1 is 0.724 bits per heavy atom. The van der Waals surface area contributed by atoms with Gasteiger partial charge in [-0.15, -0.1) is 0 Å². The van der Waals surface area contributed by atoms with Crippen molar-refractivity contribution in [1.82, 2.24) is 9.38 Å². The summed E-state index contributed by atoms with van der Waals surface area (Å²) in [6, 6.07) is 13.7. The molecule has 0 spiro atoms. The maximum atomic E-state index is 14.2. The van der Waals surface area contributed by atoms with Crippen LogP contribution in [0.1, 0.15) is 27.8 Å². The number of nitrogens with zero attached hydrogens (tertiary/aromatic N) is 2. The highest BCUT2D eigenvalue weighted by Gasteiger charge is 2.17. The standard InChI is InChI=1S/C26H23FN2/c1-14-8-16(3)24(17(4)9-14)23-13-29-25-18(5)10-15(2)11-22(25)21-12-19(27)6-7-20(21)26(29)28-23/h6-13H,1-5H3. The van der Waals surface area contributed by atoms with Crippen LogP contribution in [0.4, 0.5) is 4.39 Å². The molecule has 0 atom stereocenters. The van der Waals surface area contributed by atoms with Gasteiger partial charge in [0.2, 0.25) is 0 Å². The summed E-state index contributed by atoms with van der Waals surface area (Å²) in [4.78, 5) is 5.05. The van der Waals surface area contributed by atoms with E-state index in [1.54, 1.807) is 6.07 Å². The second kappa shape index (κ2) is 6.15. The molecule has 0 bridgehead atoms. The van der Waals surface area contributed by atoms with Crippen molar-refractivity contribution in [3.8, 4) is 11.3 Å². The van der Waals surface area contributed by atoms with E-state index >= 15 is 0 Å². The van der Waals surface area contributed by atoms with Crippen LogP contribution in [0.3, 0.4) is 0 Å². The van der Waals surface area contributed by atoms with Crippen molar-refractivity contribution in [1.29, 1.82) is 0 Å². The van der Waals surface area contributed by atoms with Crippen LogP contribution in [-0.4, -0.2) is 9.38 Å². The van der Waals surface area contributed by atoms with Crippen LogP contribution in [0.15, 0.2) is 48.7 Å². The van der Waals surface area contributed by atoms with Crippen molar-refractivity contribution in [2.45, 2.75) is 34.6 Å². The smallest absolute Gasteiger partial charge is 0.145 e. The average Bonchev–Trinajstić information content (AvgIpc) is 3.04. The van der Waals surface area contributed by atoms with E-state index in [-0.39, 0.29) is 5.82 Å². The molecule has 5 aromatic rings. The molecule has 5 rings (SSSR count). The molecule has 0 aliphatic heterocycles. The Morgan fingerprint density at radius 2 is 1.38 bits per heavy atom. The molecule has 0 aliphatic carbocycles. The number of rotatable bonds is 1. The summed E-state index contributed by atoms with van der Waals surface area (Å²) in [6.45, 7) is 10.6. The highest BCUT2D eigenvalue weighted by molar-refractivity contribution is 6.13. The van der Waals surface area contributed by atoms with Crippen molar-refractivity contribution in [3.63, 3.8) is 0 Å². The van der Waals surface area contributed by atoms with Gasteiger partial charge in [0, 0.05) is 22.5 Å². The Labute approximate surface area is 169 Å². The predicted molar refractivity (Wildman–Crippen MR) is 119 cm³/mol. The number of aryl methyl sites for hydroxylation is 5. The highest BCUT2D eigenvalue weighted by Crippen LogP contribution is 2.35. The minimum absolute atomic E-state index is 0.223. The van der Waals surface area contributed by atoms with Crippen LogP contribution in [-0.2, 0) is 0 Å². The van der Waals surface area contributed by atoms with Crippen LogP contribution in [0, 0.1) is 40.4 Å². The first-order valence-corrected chi connectivity index (χ1v) is 9.93. The third kappa shape index (κ3) is 2.65. The van der Waals surface area contributed by atoms with Crippen LogP contribution in [0.2, 0.25) is 0 Å². The third-order valence-electron chi connectivity index (χ3n) is 5.84. The highest BCUT2D eigenvalue weighted by atomic mass is 19.1. The Hall–Kier alpha value is -3.20. The molecule has 3 aromatic carbocycles. The molecule has 2 nitrogen and oxygen atoms in total. The quantitative estimate of drug-likeness (QED) is 0.286. The minimum Gasteiger partial charge on any atom is -0.298 e. The molecule has 0 amide bonds. The van der Waals surface area contributed by atoms with E-state index in [0.717, 1.165) is 38.6 Å². The number of halogens is 1. The van der Waals surface area contributed by atoms with Gasteiger partial charge >= 0.3 is 0 Å². The van der Waals surface area contributed by atoms with Gasteiger partial charge in [0.15, 0.2) is 0 Å². The minimum atomic E-state index is -0.223. The number of hydrogen-bond acceptors (Lipinski definition) is 1. The van der Waals surface area contributed by atoms with Crippen molar-refractivity contribution in [3.05, 3.63) is 82.3 Å². The molecule has 0 saturated heterocycles. The molecule has 3 heteroatoms. The monoisotopic (exact) mass is 382 g/mol. The Bertz CT molecular complexity index is 1430. The average molecular weight is 382 g/mol. The van der Waals surface area contributed by atoms with Gasteiger partial charge in [0.1, 0.15) is 11.5 Å². The fourth-order valence-corrected chi connectivity index (χ4v) is 4.86. The number of pyridine rings is 1. The zero-order chi connectivity index (χ0) is 20.4. The first-order chi connectivity index (χ1) is 13.8. The first kappa shape index (κ1) is 17.9. The maximum absolute atomic E-state index is 14.2. The van der Waals surface area contributed by atoms with Crippen molar-refractivity contribution in [2.75, 3.05) is 0 Å². The third-order valence-corrected chi connectivity index (χ3v) is 5.84. The summed E-state index contributed by atoms with van der Waals surface area (Å²) in [5, 5.41) is 2.94. The fraction of sp³-hybridized carbons (Fsp3) is 0.192. The second-order valence-corrected chi connectivity index (χ2v) is 8.26. The van der Waals surface area contributed by atoms with Crippen LogP contribution in [0.5, 0.6) is 0 Å². The summed E-state index contributed by atoms with van der Waals surface area (Å²) in [7, 11) is 0. The molecule has 29 heavy (non-hydrogen) atoms. The van der Waals surface area contributed by atoms with E-state index in [1.165, 1.54) is 33.9 Å². The topological polar surface area (TPSA) is 17.3 Å². The Morgan fingerprint density at radius 3 is 2.10 bits per heavy atom. The second-order valence-electron chi connectivity index (χ2n) is 8.26. The predicted octanol–water partition coefficient (Wildman–Crippen LogP) is 6.99. The van der Waals surface area contributed by atoms with Crippen molar-refractivity contribution >= 4 is 27.3 Å². The van der Waals surface area contributed by atoms with Gasteiger partial charge in [-0.2, -0.15) is 0 Å². The molecule has 2 aromatic heterocycles. The van der Waals surface area contributed by atoms with E-state index in [0.29, 0.717) is 0 Å². The Kier molecular flexibility index (Phi) is 3.79. The summed E-state index contributed by atoms with van der Waals surface area (Å²) >= 11 is 0. The van der Waals surface area contributed by atoms with E-state index < -0.39 is 0 Å². The van der Waals surface area contributed by atoms with E-state index in [4.69, 9.17) is 4.98 Å². The zero-order valence-corrected chi connectivity index (χ0v) is 17.4. The Balaban J connectivity index is 1.99. The number of hydrogen-bond donors (Lipinski definition) is 0. The summed E-state index contributed by atoms with van der Waals surface area (Å²) < 4.78 is 16.3. The van der Waals surface area contributed by atoms with Gasteiger partial charge in [-0.3, -0.25) is 4.40 Å². The largest absolute Gasteiger partial charge is 0.298 e. The molecule has 0 saturated carbocycles. The molecule has 0 aliphatic rings. The lowest BCUT2D eigenvalue weighted by atomic mass is 9.98. The van der Waals surface area contributed by atoms with Gasteiger partial charge in [-0.1, -0.05) is 29.3 Å². The molecular formula is C26H23FN2. The lowest BCUT2D eigenvalue weighted by Gasteiger charge is -2.11. The number of fused-ring (bicyclic) bond motifs is 6. The van der Waals surface area contributed by atoms with Crippen LogP contribution >= 0.6 is 0 Å². The fourth-order valence-electron chi connectivity index (χ4n) is 4.86. The van der Waals surface area contributed by atoms with E-state index in [9.17, 15) is 4.39 Å². The summed E-state index contributed by atoms with van der Waals surface area (Å²) in [5.74, 6) is -0.223. The van der Waals surface area contributed by atoms with E-state index in [1.807, 2.05) is 6.07 Å². The number of aromatic nitrogens is 2. The lowest BCUT2D eigenvalue weighted by molar-refractivity contribution is 0.630. The lowest BCUT2D eigenvalue weighted by Crippen LogP contribution is -1.94. The summed E-state index contributed by atoms with van der Waals surface area (Å²) in [5.41, 5.74) is 10.1. The van der Waals surface area contributed by atoms with Gasteiger partial charge in [0.25, 0.3) is 0 Å². The van der Waals surface area contributed by atoms with Crippen molar-refractivity contribution < 1.29 is 4.39 Å². The zero-order valence-electron chi connectivity index (χ0n) is 17.4. The van der Waals surface area contributed by atoms with Gasteiger partial charge in [0.05, 0.1) is 11.2 Å². The molecule has 0 fully saturated rings. The van der Waals surface area contributed by atoms with Gasteiger partial charge < -0.3 is 0 Å². The van der Waals surface area contributed by atoms with Gasteiger partial charge in [-0.25, -0.2) is 9.37 Å². The molecule has 0 unspecified atom stereocenters. The number of benzene rings is 3. The molecule has 2 heterocycles. The molecule has 144 valence electrons. The molecular weight excluding hydrogens is 359 g/mol. The number of imidazole rings is 1. The maximum Gasteiger partial charge on any atom is 0.145 e. The van der Waals surface area contributed by atoms with Crippen LogP contribution in [0.25, 0.3) is 38.6 Å². The molecule has 0 N–H and O–H groups in total. The normalized spacial score (nSPS) is 11.8. The van der Waals surface area contributed by atoms with Crippen molar-refractivity contribution in [2.24, 2.45) is 0 Å². The first-order valence-electron chi connectivity index (χ1n) is 9.93. The SMILES string of the molecule is Cc1cc(C)c(-c2cn3c(n2)c2ccc(F)cc2c2cc(C)cc(C)c23)c(C)c1. The van der Waals surface area contributed by atoms with Crippen LogP contribution < -0.4 is 0 Å².